The van der Waals surface area contributed by atoms with E-state index >= 15 is 0 Å². The highest BCUT2D eigenvalue weighted by atomic mass is 32.1. The van der Waals surface area contributed by atoms with Crippen LogP contribution in [0.25, 0.3) is 0 Å². The van der Waals surface area contributed by atoms with Gasteiger partial charge >= 0.3 is 6.09 Å². The molecule has 0 aliphatic carbocycles. The molecule has 1 rings (SSSR count). The molecule has 2 N–H and O–H groups in total. The third-order valence-corrected chi connectivity index (χ3v) is 4.55. The number of ether oxygens (including phenoxy) is 1. The van der Waals surface area contributed by atoms with Gasteiger partial charge in [-0.05, 0) is 33.6 Å². The molecule has 0 spiro atoms. The van der Waals surface area contributed by atoms with Gasteiger partial charge in [0.15, 0.2) is 0 Å². The maximum atomic E-state index is 11.9. The van der Waals surface area contributed by atoms with Crippen molar-refractivity contribution in [2.24, 2.45) is 11.3 Å². The number of amides is 1. The van der Waals surface area contributed by atoms with Crippen LogP contribution in [0.4, 0.5) is 4.79 Å². The Hall–Kier alpha value is -1.14. The molecule has 1 unspecified atom stereocenters. The highest BCUT2D eigenvalue weighted by Gasteiger charge is 2.35. The van der Waals surface area contributed by atoms with Crippen molar-refractivity contribution in [3.05, 3.63) is 16.1 Å². The van der Waals surface area contributed by atoms with Gasteiger partial charge in [-0.1, -0.05) is 13.8 Å². The summed E-state index contributed by atoms with van der Waals surface area (Å²) in [6.45, 7) is 11.9. The van der Waals surface area contributed by atoms with Crippen molar-refractivity contribution in [1.82, 2.24) is 10.3 Å². The summed E-state index contributed by atoms with van der Waals surface area (Å²) in [5, 5.41) is 15.8. The molecule has 0 aromatic carbocycles. The molecular formula is C16H28N2O3S. The van der Waals surface area contributed by atoms with Crippen molar-refractivity contribution in [2.45, 2.75) is 53.6 Å². The van der Waals surface area contributed by atoms with Gasteiger partial charge < -0.3 is 15.2 Å². The van der Waals surface area contributed by atoms with E-state index < -0.39 is 17.1 Å². The quantitative estimate of drug-likeness (QED) is 0.841. The zero-order chi connectivity index (χ0) is 17.0. The summed E-state index contributed by atoms with van der Waals surface area (Å²) in [6, 6.07) is 0. The summed E-state index contributed by atoms with van der Waals surface area (Å²) in [5.74, 6) is 0.189. The SMILES string of the molecule is Cc1nc(CC(CO)(CNC(=O)OC(C)(C)C)C(C)C)cs1. The Morgan fingerprint density at radius 1 is 1.45 bits per heavy atom. The van der Waals surface area contributed by atoms with Crippen LogP contribution in [0.2, 0.25) is 0 Å². The highest BCUT2D eigenvalue weighted by Crippen LogP contribution is 2.31. The number of carbonyl (C=O) groups is 1. The maximum Gasteiger partial charge on any atom is 0.407 e. The fourth-order valence-electron chi connectivity index (χ4n) is 2.18. The molecule has 0 aliphatic rings. The van der Waals surface area contributed by atoms with Crippen LogP contribution in [0, 0.1) is 18.3 Å². The Morgan fingerprint density at radius 2 is 2.09 bits per heavy atom. The molecular weight excluding hydrogens is 300 g/mol. The standard InChI is InChI=1S/C16H28N2O3S/c1-11(2)16(10-19,7-13-8-22-12(3)18-13)9-17-14(20)21-15(4,5)6/h8,11,19H,7,9-10H2,1-6H3,(H,17,20). The minimum absolute atomic E-state index is 0.0168. The average molecular weight is 328 g/mol. The summed E-state index contributed by atoms with van der Waals surface area (Å²) in [7, 11) is 0. The van der Waals surface area contributed by atoms with E-state index in [9.17, 15) is 9.90 Å². The maximum absolute atomic E-state index is 11.9. The van der Waals surface area contributed by atoms with E-state index in [1.807, 2.05) is 46.9 Å². The van der Waals surface area contributed by atoms with E-state index in [1.165, 1.54) is 0 Å². The number of hydrogen-bond acceptors (Lipinski definition) is 5. The van der Waals surface area contributed by atoms with E-state index in [2.05, 4.69) is 10.3 Å². The molecule has 1 amide bonds. The fraction of sp³-hybridized carbons (Fsp3) is 0.750. The van der Waals surface area contributed by atoms with E-state index in [0.29, 0.717) is 13.0 Å². The van der Waals surface area contributed by atoms with Crippen molar-refractivity contribution in [2.75, 3.05) is 13.2 Å². The first-order valence-electron chi connectivity index (χ1n) is 7.57. The Morgan fingerprint density at radius 3 is 2.50 bits per heavy atom. The van der Waals surface area contributed by atoms with Crippen LogP contribution >= 0.6 is 11.3 Å². The Labute approximate surface area is 137 Å². The predicted octanol–water partition coefficient (Wildman–Crippen LogP) is 3.15. The van der Waals surface area contributed by atoms with Crippen LogP contribution in [0.15, 0.2) is 5.38 Å². The van der Waals surface area contributed by atoms with E-state index in [4.69, 9.17) is 4.74 Å². The normalized spacial score (nSPS) is 14.7. The lowest BCUT2D eigenvalue weighted by Crippen LogP contribution is -2.46. The molecule has 0 saturated carbocycles. The van der Waals surface area contributed by atoms with Crippen molar-refractivity contribution in [3.63, 3.8) is 0 Å². The molecule has 126 valence electrons. The Balaban J connectivity index is 2.77. The van der Waals surface area contributed by atoms with Crippen LogP contribution < -0.4 is 5.32 Å². The zero-order valence-corrected chi connectivity index (χ0v) is 15.2. The number of aromatic nitrogens is 1. The van der Waals surface area contributed by atoms with Crippen molar-refractivity contribution >= 4 is 17.4 Å². The van der Waals surface area contributed by atoms with Crippen LogP contribution in [0.5, 0.6) is 0 Å². The topological polar surface area (TPSA) is 71.5 Å². The molecule has 0 radical (unpaired) electrons. The molecule has 6 heteroatoms. The molecule has 1 aromatic rings. The second-order valence-electron chi connectivity index (χ2n) is 7.07. The number of alkyl carbamates (subject to hydrolysis) is 1. The third-order valence-electron chi connectivity index (χ3n) is 3.72. The minimum Gasteiger partial charge on any atom is -0.444 e. The Kier molecular flexibility index (Phi) is 6.38. The minimum atomic E-state index is -0.532. The summed E-state index contributed by atoms with van der Waals surface area (Å²) in [5.41, 5.74) is -0.0241. The Bertz CT molecular complexity index is 494. The number of rotatable bonds is 6. The number of aliphatic hydroxyl groups is 1. The summed E-state index contributed by atoms with van der Waals surface area (Å²) in [6.07, 6.45) is 0.168. The summed E-state index contributed by atoms with van der Waals surface area (Å²) in [4.78, 5) is 16.3. The molecule has 0 bridgehead atoms. The highest BCUT2D eigenvalue weighted by molar-refractivity contribution is 7.09. The first-order valence-corrected chi connectivity index (χ1v) is 8.45. The smallest absolute Gasteiger partial charge is 0.407 e. The monoisotopic (exact) mass is 328 g/mol. The van der Waals surface area contributed by atoms with Crippen LogP contribution in [-0.4, -0.2) is 34.9 Å². The molecule has 0 saturated heterocycles. The fourth-order valence-corrected chi connectivity index (χ4v) is 2.79. The van der Waals surface area contributed by atoms with Gasteiger partial charge in [-0.25, -0.2) is 9.78 Å². The average Bonchev–Trinajstić information content (AvgIpc) is 2.77. The van der Waals surface area contributed by atoms with Crippen molar-refractivity contribution < 1.29 is 14.6 Å². The molecule has 0 fully saturated rings. The molecule has 22 heavy (non-hydrogen) atoms. The first kappa shape index (κ1) is 18.9. The number of aryl methyl sites for hydroxylation is 1. The van der Waals surface area contributed by atoms with Gasteiger partial charge in [-0.15, -0.1) is 11.3 Å². The van der Waals surface area contributed by atoms with Gasteiger partial charge in [0.2, 0.25) is 0 Å². The van der Waals surface area contributed by atoms with Crippen molar-refractivity contribution in [1.29, 1.82) is 0 Å². The third kappa shape index (κ3) is 5.57. The number of nitrogens with one attached hydrogen (secondary N) is 1. The van der Waals surface area contributed by atoms with E-state index in [1.54, 1.807) is 11.3 Å². The molecule has 1 heterocycles. The number of nitrogens with zero attached hydrogens (tertiary/aromatic N) is 1. The van der Waals surface area contributed by atoms with Gasteiger partial charge in [0.05, 0.1) is 17.3 Å². The predicted molar refractivity (Wildman–Crippen MR) is 89.1 cm³/mol. The lowest BCUT2D eigenvalue weighted by Gasteiger charge is -2.36. The van der Waals surface area contributed by atoms with Gasteiger partial charge in [0.1, 0.15) is 5.60 Å². The van der Waals surface area contributed by atoms with Crippen LogP contribution in [0.3, 0.4) is 0 Å². The lowest BCUT2D eigenvalue weighted by molar-refractivity contribution is 0.0391. The molecule has 1 atom stereocenters. The number of thiazole rings is 1. The van der Waals surface area contributed by atoms with Gasteiger partial charge in [-0.2, -0.15) is 0 Å². The van der Waals surface area contributed by atoms with Gasteiger partial charge in [-0.3, -0.25) is 0 Å². The van der Waals surface area contributed by atoms with Crippen molar-refractivity contribution in [3.8, 4) is 0 Å². The number of hydrogen-bond donors (Lipinski definition) is 2. The second kappa shape index (κ2) is 7.42. The largest absolute Gasteiger partial charge is 0.444 e. The number of carbonyl (C=O) groups excluding carboxylic acids is 1. The van der Waals surface area contributed by atoms with E-state index in [-0.39, 0.29) is 12.5 Å². The first-order chi connectivity index (χ1) is 10.1. The second-order valence-corrected chi connectivity index (χ2v) is 8.13. The van der Waals surface area contributed by atoms with Gasteiger partial charge in [0.25, 0.3) is 0 Å². The van der Waals surface area contributed by atoms with Crippen LogP contribution in [0.1, 0.15) is 45.3 Å². The summed E-state index contributed by atoms with van der Waals surface area (Å²) < 4.78 is 5.27. The number of aliphatic hydroxyl groups excluding tert-OH is 1. The summed E-state index contributed by atoms with van der Waals surface area (Å²) >= 11 is 1.59. The van der Waals surface area contributed by atoms with Crippen LogP contribution in [-0.2, 0) is 11.2 Å². The van der Waals surface area contributed by atoms with Gasteiger partial charge in [0, 0.05) is 23.8 Å². The lowest BCUT2D eigenvalue weighted by atomic mass is 9.74. The molecule has 1 aromatic heterocycles. The molecule has 5 nitrogen and oxygen atoms in total. The van der Waals surface area contributed by atoms with E-state index in [0.717, 1.165) is 10.7 Å². The molecule has 0 aliphatic heterocycles. The zero-order valence-electron chi connectivity index (χ0n) is 14.4.